The first-order valence-electron chi connectivity index (χ1n) is 5.35. The zero-order chi connectivity index (χ0) is 10.7. The summed E-state index contributed by atoms with van der Waals surface area (Å²) in [5.74, 6) is 0.623. The Morgan fingerprint density at radius 3 is 3.13 bits per heavy atom. The molecular formula is C12H16FNO. The van der Waals surface area contributed by atoms with E-state index in [-0.39, 0.29) is 5.82 Å². The number of hydrogen-bond donors (Lipinski definition) is 1. The summed E-state index contributed by atoms with van der Waals surface area (Å²) in [5.41, 5.74) is 1.02. The lowest BCUT2D eigenvalue weighted by Crippen LogP contribution is -2.15. The van der Waals surface area contributed by atoms with Crippen LogP contribution in [0.5, 0.6) is 5.75 Å². The highest BCUT2D eigenvalue weighted by molar-refractivity contribution is 5.29. The molecule has 82 valence electrons. The monoisotopic (exact) mass is 209 g/mol. The maximum absolute atomic E-state index is 13.3. The predicted octanol–water partition coefficient (Wildman–Crippen LogP) is 2.12. The zero-order valence-electron chi connectivity index (χ0n) is 8.92. The van der Waals surface area contributed by atoms with Crippen molar-refractivity contribution in [2.45, 2.75) is 13.3 Å². The van der Waals surface area contributed by atoms with Crippen molar-refractivity contribution >= 4 is 0 Å². The van der Waals surface area contributed by atoms with Gasteiger partial charge in [-0.05, 0) is 37.6 Å². The van der Waals surface area contributed by atoms with Gasteiger partial charge in [0.15, 0.2) is 11.6 Å². The van der Waals surface area contributed by atoms with E-state index in [1.807, 2.05) is 6.92 Å². The van der Waals surface area contributed by atoms with Crippen molar-refractivity contribution in [3.8, 4) is 5.75 Å². The molecular weight excluding hydrogens is 193 g/mol. The number of nitrogens with one attached hydrogen (secondary N) is 1. The van der Waals surface area contributed by atoms with Crippen LogP contribution in [0.15, 0.2) is 18.2 Å². The van der Waals surface area contributed by atoms with Crippen LogP contribution in [0, 0.1) is 18.7 Å². The minimum Gasteiger partial charge on any atom is -0.490 e. The molecule has 1 heterocycles. The van der Waals surface area contributed by atoms with Crippen LogP contribution in [0.4, 0.5) is 4.39 Å². The first kappa shape index (κ1) is 10.4. The van der Waals surface area contributed by atoms with Gasteiger partial charge in [-0.3, -0.25) is 0 Å². The molecule has 2 rings (SSSR count). The second-order valence-corrected chi connectivity index (χ2v) is 4.10. The smallest absolute Gasteiger partial charge is 0.165 e. The number of ether oxygens (including phenoxy) is 1. The number of hydrogen-bond acceptors (Lipinski definition) is 2. The molecule has 0 bridgehead atoms. The molecule has 1 aromatic carbocycles. The molecule has 0 aromatic heterocycles. The lowest BCUT2D eigenvalue weighted by molar-refractivity contribution is 0.249. The standard InChI is InChI=1S/C12H16FNO/c1-9-2-3-11(13)12(6-9)15-8-10-4-5-14-7-10/h2-3,6,10,14H,4-5,7-8H2,1H3. The fourth-order valence-electron chi connectivity index (χ4n) is 1.79. The van der Waals surface area contributed by atoms with E-state index in [9.17, 15) is 4.39 Å². The van der Waals surface area contributed by atoms with Gasteiger partial charge in [0.25, 0.3) is 0 Å². The Hall–Kier alpha value is -1.09. The van der Waals surface area contributed by atoms with Gasteiger partial charge in [-0.25, -0.2) is 4.39 Å². The topological polar surface area (TPSA) is 21.3 Å². The third-order valence-electron chi connectivity index (χ3n) is 2.72. The third-order valence-corrected chi connectivity index (χ3v) is 2.72. The van der Waals surface area contributed by atoms with E-state index in [0.29, 0.717) is 18.3 Å². The van der Waals surface area contributed by atoms with Gasteiger partial charge in [0.1, 0.15) is 0 Å². The average Bonchev–Trinajstić information content (AvgIpc) is 2.72. The fraction of sp³-hybridized carbons (Fsp3) is 0.500. The Morgan fingerprint density at radius 1 is 1.53 bits per heavy atom. The maximum Gasteiger partial charge on any atom is 0.165 e. The van der Waals surface area contributed by atoms with Crippen LogP contribution in [0.2, 0.25) is 0 Å². The second kappa shape index (κ2) is 4.62. The summed E-state index contributed by atoms with van der Waals surface area (Å²) in [4.78, 5) is 0. The Morgan fingerprint density at radius 2 is 2.40 bits per heavy atom. The second-order valence-electron chi connectivity index (χ2n) is 4.10. The first-order chi connectivity index (χ1) is 7.25. The van der Waals surface area contributed by atoms with Crippen molar-refractivity contribution in [2.24, 2.45) is 5.92 Å². The highest BCUT2D eigenvalue weighted by Gasteiger charge is 2.15. The van der Waals surface area contributed by atoms with Crippen LogP contribution in [-0.2, 0) is 0 Å². The van der Waals surface area contributed by atoms with Gasteiger partial charge in [0, 0.05) is 12.5 Å². The summed E-state index contributed by atoms with van der Waals surface area (Å²) < 4.78 is 18.8. The highest BCUT2D eigenvalue weighted by atomic mass is 19.1. The van der Waals surface area contributed by atoms with Crippen molar-refractivity contribution in [1.82, 2.24) is 5.32 Å². The quantitative estimate of drug-likeness (QED) is 0.823. The molecule has 15 heavy (non-hydrogen) atoms. The molecule has 0 saturated carbocycles. The molecule has 0 spiro atoms. The van der Waals surface area contributed by atoms with Gasteiger partial charge < -0.3 is 10.1 Å². The SMILES string of the molecule is Cc1ccc(F)c(OCC2CCNC2)c1. The minimum absolute atomic E-state index is 0.272. The van der Waals surface area contributed by atoms with E-state index >= 15 is 0 Å². The van der Waals surface area contributed by atoms with Crippen LogP contribution >= 0.6 is 0 Å². The van der Waals surface area contributed by atoms with E-state index < -0.39 is 0 Å². The molecule has 2 nitrogen and oxygen atoms in total. The molecule has 1 fully saturated rings. The van der Waals surface area contributed by atoms with Crippen LogP contribution in [0.1, 0.15) is 12.0 Å². The average molecular weight is 209 g/mol. The molecule has 0 amide bonds. The molecule has 0 radical (unpaired) electrons. The van der Waals surface area contributed by atoms with Gasteiger partial charge in [0.2, 0.25) is 0 Å². The number of rotatable bonds is 3. The Kier molecular flexibility index (Phi) is 3.21. The molecule has 0 aliphatic carbocycles. The van der Waals surface area contributed by atoms with Crippen LogP contribution in [0.3, 0.4) is 0 Å². The lowest BCUT2D eigenvalue weighted by Gasteiger charge is -2.11. The summed E-state index contributed by atoms with van der Waals surface area (Å²) in [5, 5.41) is 3.26. The van der Waals surface area contributed by atoms with E-state index in [4.69, 9.17) is 4.74 Å². The van der Waals surface area contributed by atoms with Crippen molar-refractivity contribution < 1.29 is 9.13 Å². The molecule has 1 atom stereocenters. The van der Waals surface area contributed by atoms with E-state index in [0.717, 1.165) is 25.1 Å². The van der Waals surface area contributed by atoms with Gasteiger partial charge in [-0.2, -0.15) is 0 Å². The van der Waals surface area contributed by atoms with Crippen LogP contribution in [-0.4, -0.2) is 19.7 Å². The Bertz CT molecular complexity index is 334. The first-order valence-corrected chi connectivity index (χ1v) is 5.35. The predicted molar refractivity (Wildman–Crippen MR) is 57.6 cm³/mol. The normalized spacial score (nSPS) is 20.5. The maximum atomic E-state index is 13.3. The largest absolute Gasteiger partial charge is 0.490 e. The van der Waals surface area contributed by atoms with Crippen LogP contribution < -0.4 is 10.1 Å². The molecule has 1 saturated heterocycles. The molecule has 1 aliphatic heterocycles. The van der Waals surface area contributed by atoms with Crippen molar-refractivity contribution in [2.75, 3.05) is 19.7 Å². The van der Waals surface area contributed by atoms with Gasteiger partial charge in [-0.15, -0.1) is 0 Å². The van der Waals surface area contributed by atoms with E-state index in [1.165, 1.54) is 6.07 Å². The summed E-state index contributed by atoms with van der Waals surface area (Å²) in [6, 6.07) is 4.95. The van der Waals surface area contributed by atoms with Crippen molar-refractivity contribution in [3.05, 3.63) is 29.6 Å². The number of benzene rings is 1. The van der Waals surface area contributed by atoms with Crippen molar-refractivity contribution in [1.29, 1.82) is 0 Å². The zero-order valence-corrected chi connectivity index (χ0v) is 8.92. The molecule has 1 aromatic rings. The number of aryl methyl sites for hydroxylation is 1. The Labute approximate surface area is 89.4 Å². The lowest BCUT2D eigenvalue weighted by atomic mass is 10.1. The fourth-order valence-corrected chi connectivity index (χ4v) is 1.79. The van der Waals surface area contributed by atoms with E-state index in [1.54, 1.807) is 12.1 Å². The summed E-state index contributed by atoms with van der Waals surface area (Å²) in [7, 11) is 0. The number of halogens is 1. The van der Waals surface area contributed by atoms with E-state index in [2.05, 4.69) is 5.32 Å². The van der Waals surface area contributed by atoms with Crippen molar-refractivity contribution in [3.63, 3.8) is 0 Å². The molecule has 1 aliphatic rings. The van der Waals surface area contributed by atoms with Gasteiger partial charge in [-0.1, -0.05) is 6.07 Å². The van der Waals surface area contributed by atoms with Crippen LogP contribution in [0.25, 0.3) is 0 Å². The highest BCUT2D eigenvalue weighted by Crippen LogP contribution is 2.20. The third kappa shape index (κ3) is 2.69. The van der Waals surface area contributed by atoms with Gasteiger partial charge in [0.05, 0.1) is 6.61 Å². The summed E-state index contributed by atoms with van der Waals surface area (Å²) >= 11 is 0. The summed E-state index contributed by atoms with van der Waals surface area (Å²) in [6.07, 6.45) is 1.12. The molecule has 1 unspecified atom stereocenters. The Balaban J connectivity index is 1.94. The molecule has 3 heteroatoms. The summed E-state index contributed by atoms with van der Waals surface area (Å²) in [6.45, 7) is 4.56. The molecule has 1 N–H and O–H groups in total. The minimum atomic E-state index is -0.272. The van der Waals surface area contributed by atoms with Gasteiger partial charge >= 0.3 is 0 Å².